The maximum Gasteiger partial charge on any atom is 0.315 e. The first kappa shape index (κ1) is 14.3. The predicted octanol–water partition coefficient (Wildman–Crippen LogP) is 2.56. The molecule has 104 valence electrons. The molecular weight excluding hydrogens is 332 g/mol. The van der Waals surface area contributed by atoms with Gasteiger partial charge in [-0.15, -0.1) is 11.3 Å². The van der Waals surface area contributed by atoms with Gasteiger partial charge in [0.05, 0.1) is 16.2 Å². The molecule has 7 heteroatoms. The number of rotatable bonds is 4. The average Bonchev–Trinajstić information content (AvgIpc) is 2.96. The van der Waals surface area contributed by atoms with Gasteiger partial charge in [-0.1, -0.05) is 0 Å². The summed E-state index contributed by atoms with van der Waals surface area (Å²) in [6.07, 6.45) is 1.89. The molecule has 1 aromatic heterocycles. The summed E-state index contributed by atoms with van der Waals surface area (Å²) in [6.45, 7) is 0.483. The molecule has 1 heterocycles. The standard InChI is InChI=1S/C12H15BrN2O3S/c13-10-4-3-9(19-10)6-14-12(18)15-8-2-1-7(5-8)11(16)17/h3-4,7-8H,1-2,5-6H2,(H,16,17)(H2,14,15,18)/t7-,8+/m1/s1. The summed E-state index contributed by atoms with van der Waals surface area (Å²) in [5, 5.41) is 14.5. The van der Waals surface area contributed by atoms with E-state index in [4.69, 9.17) is 5.11 Å². The van der Waals surface area contributed by atoms with Gasteiger partial charge in [-0.2, -0.15) is 0 Å². The number of nitrogens with one attached hydrogen (secondary N) is 2. The van der Waals surface area contributed by atoms with Gasteiger partial charge in [0.25, 0.3) is 0 Å². The molecule has 0 spiro atoms. The van der Waals surface area contributed by atoms with E-state index >= 15 is 0 Å². The topological polar surface area (TPSA) is 78.4 Å². The Bertz CT molecular complexity index is 477. The van der Waals surface area contributed by atoms with Gasteiger partial charge in [0.1, 0.15) is 0 Å². The fraction of sp³-hybridized carbons (Fsp3) is 0.500. The van der Waals surface area contributed by atoms with Crippen LogP contribution in [-0.2, 0) is 11.3 Å². The van der Waals surface area contributed by atoms with Crippen LogP contribution >= 0.6 is 27.3 Å². The Balaban J connectivity index is 1.72. The number of hydrogen-bond donors (Lipinski definition) is 3. The minimum Gasteiger partial charge on any atom is -0.481 e. The number of thiophene rings is 1. The van der Waals surface area contributed by atoms with Crippen LogP contribution in [0.3, 0.4) is 0 Å². The molecule has 0 saturated heterocycles. The van der Waals surface area contributed by atoms with Crippen LogP contribution in [0.2, 0.25) is 0 Å². The summed E-state index contributed by atoms with van der Waals surface area (Å²) in [5.74, 6) is -1.09. The van der Waals surface area contributed by atoms with Gasteiger partial charge in [-0.05, 0) is 47.3 Å². The molecule has 1 aromatic rings. The monoisotopic (exact) mass is 346 g/mol. The zero-order valence-electron chi connectivity index (χ0n) is 10.2. The zero-order valence-corrected chi connectivity index (χ0v) is 12.6. The summed E-state index contributed by atoms with van der Waals surface area (Å²) >= 11 is 4.94. The van der Waals surface area contributed by atoms with E-state index in [2.05, 4.69) is 26.6 Å². The summed E-state index contributed by atoms with van der Waals surface area (Å²) in [4.78, 5) is 23.6. The number of carbonyl (C=O) groups excluding carboxylic acids is 1. The van der Waals surface area contributed by atoms with Crippen LogP contribution in [0.25, 0.3) is 0 Å². The molecule has 1 aliphatic rings. The molecule has 3 N–H and O–H groups in total. The highest BCUT2D eigenvalue weighted by molar-refractivity contribution is 9.11. The Labute approximate surface area is 123 Å². The van der Waals surface area contributed by atoms with E-state index < -0.39 is 5.97 Å². The normalized spacial score (nSPS) is 22.2. The molecule has 0 bridgehead atoms. The van der Waals surface area contributed by atoms with Crippen molar-refractivity contribution in [2.45, 2.75) is 31.8 Å². The van der Waals surface area contributed by atoms with E-state index in [-0.39, 0.29) is 18.0 Å². The number of urea groups is 1. The van der Waals surface area contributed by atoms with E-state index in [0.29, 0.717) is 19.4 Å². The number of carboxylic acid groups (broad SMARTS) is 1. The van der Waals surface area contributed by atoms with E-state index in [0.717, 1.165) is 15.1 Å². The molecule has 1 fully saturated rings. The Morgan fingerprint density at radius 3 is 2.79 bits per heavy atom. The fourth-order valence-corrected chi connectivity index (χ4v) is 3.61. The van der Waals surface area contributed by atoms with Crippen molar-refractivity contribution in [2.75, 3.05) is 0 Å². The van der Waals surface area contributed by atoms with E-state index in [1.54, 1.807) is 11.3 Å². The third kappa shape index (κ3) is 4.21. The van der Waals surface area contributed by atoms with E-state index in [1.807, 2.05) is 12.1 Å². The molecular formula is C12H15BrN2O3S. The lowest BCUT2D eigenvalue weighted by atomic mass is 10.1. The highest BCUT2D eigenvalue weighted by Crippen LogP contribution is 2.25. The van der Waals surface area contributed by atoms with Crippen LogP contribution in [0.1, 0.15) is 24.1 Å². The van der Waals surface area contributed by atoms with Crippen molar-refractivity contribution < 1.29 is 14.7 Å². The maximum absolute atomic E-state index is 11.7. The second-order valence-electron chi connectivity index (χ2n) is 4.58. The molecule has 2 atom stereocenters. The first-order valence-electron chi connectivity index (χ1n) is 6.06. The Kier molecular flexibility index (Phi) is 4.81. The van der Waals surface area contributed by atoms with Crippen LogP contribution in [0.4, 0.5) is 4.79 Å². The summed E-state index contributed by atoms with van der Waals surface area (Å²) in [5.41, 5.74) is 0. The van der Waals surface area contributed by atoms with Gasteiger partial charge in [0, 0.05) is 10.9 Å². The first-order chi connectivity index (χ1) is 9.04. The molecule has 5 nitrogen and oxygen atoms in total. The summed E-state index contributed by atoms with van der Waals surface area (Å²) in [7, 11) is 0. The largest absolute Gasteiger partial charge is 0.481 e. The van der Waals surface area contributed by atoms with Crippen molar-refractivity contribution in [1.29, 1.82) is 0 Å². The predicted molar refractivity (Wildman–Crippen MR) is 76.2 cm³/mol. The third-order valence-electron chi connectivity index (χ3n) is 3.17. The molecule has 1 saturated carbocycles. The van der Waals surface area contributed by atoms with E-state index in [1.165, 1.54) is 0 Å². The second-order valence-corrected chi connectivity index (χ2v) is 7.13. The third-order valence-corrected chi connectivity index (χ3v) is 4.79. The van der Waals surface area contributed by atoms with Crippen LogP contribution in [-0.4, -0.2) is 23.1 Å². The SMILES string of the molecule is O=C(NCc1ccc(Br)s1)N[C@H]1CC[C@@H](C(=O)O)C1. The Morgan fingerprint density at radius 2 is 2.21 bits per heavy atom. The Morgan fingerprint density at radius 1 is 1.42 bits per heavy atom. The number of halogens is 1. The van der Waals surface area contributed by atoms with Gasteiger partial charge < -0.3 is 15.7 Å². The number of amides is 2. The molecule has 0 aliphatic heterocycles. The molecule has 19 heavy (non-hydrogen) atoms. The number of carboxylic acids is 1. The minimum atomic E-state index is -0.770. The molecule has 2 amide bonds. The lowest BCUT2D eigenvalue weighted by molar-refractivity contribution is -0.141. The van der Waals surface area contributed by atoms with Crippen molar-refractivity contribution >= 4 is 39.3 Å². The lowest BCUT2D eigenvalue weighted by Gasteiger charge is -2.13. The fourth-order valence-electron chi connectivity index (χ4n) is 2.19. The molecule has 0 aromatic carbocycles. The zero-order chi connectivity index (χ0) is 13.8. The van der Waals surface area contributed by atoms with Crippen molar-refractivity contribution in [2.24, 2.45) is 5.92 Å². The first-order valence-corrected chi connectivity index (χ1v) is 7.67. The molecule has 2 rings (SSSR count). The van der Waals surface area contributed by atoms with Crippen molar-refractivity contribution in [3.63, 3.8) is 0 Å². The highest BCUT2D eigenvalue weighted by Gasteiger charge is 2.30. The summed E-state index contributed by atoms with van der Waals surface area (Å²) < 4.78 is 1.03. The smallest absolute Gasteiger partial charge is 0.315 e. The van der Waals surface area contributed by atoms with E-state index in [9.17, 15) is 9.59 Å². The van der Waals surface area contributed by atoms with Crippen molar-refractivity contribution in [1.82, 2.24) is 10.6 Å². The second kappa shape index (κ2) is 6.38. The molecule has 0 unspecified atom stereocenters. The van der Waals surface area contributed by atoms with Crippen molar-refractivity contribution in [3.05, 3.63) is 20.8 Å². The number of carbonyl (C=O) groups is 2. The van der Waals surface area contributed by atoms with Crippen LogP contribution in [0.15, 0.2) is 15.9 Å². The molecule has 1 aliphatic carbocycles. The van der Waals surface area contributed by atoms with Crippen molar-refractivity contribution in [3.8, 4) is 0 Å². The quantitative estimate of drug-likeness (QED) is 0.783. The highest BCUT2D eigenvalue weighted by atomic mass is 79.9. The average molecular weight is 347 g/mol. The van der Waals surface area contributed by atoms with Gasteiger partial charge >= 0.3 is 12.0 Å². The Hall–Kier alpha value is -1.08. The van der Waals surface area contributed by atoms with Crippen LogP contribution in [0.5, 0.6) is 0 Å². The number of hydrogen-bond acceptors (Lipinski definition) is 3. The summed E-state index contributed by atoms with van der Waals surface area (Å²) in [6, 6.07) is 3.62. The van der Waals surface area contributed by atoms with Crippen LogP contribution < -0.4 is 10.6 Å². The number of aliphatic carboxylic acids is 1. The van der Waals surface area contributed by atoms with Gasteiger partial charge in [0.15, 0.2) is 0 Å². The van der Waals surface area contributed by atoms with Gasteiger partial charge in [-0.25, -0.2) is 4.79 Å². The lowest BCUT2D eigenvalue weighted by Crippen LogP contribution is -2.40. The maximum atomic E-state index is 11.7. The van der Waals surface area contributed by atoms with Gasteiger partial charge in [0.2, 0.25) is 0 Å². The van der Waals surface area contributed by atoms with Crippen LogP contribution in [0, 0.1) is 5.92 Å². The minimum absolute atomic E-state index is 0.0313. The molecule has 0 radical (unpaired) electrons. The van der Waals surface area contributed by atoms with Gasteiger partial charge in [-0.3, -0.25) is 4.79 Å².